The van der Waals surface area contributed by atoms with E-state index in [2.05, 4.69) is 5.32 Å². The van der Waals surface area contributed by atoms with Gasteiger partial charge < -0.3 is 15.8 Å². The lowest BCUT2D eigenvalue weighted by molar-refractivity contribution is -0.152. The summed E-state index contributed by atoms with van der Waals surface area (Å²) in [4.78, 5) is 24.6. The van der Waals surface area contributed by atoms with Gasteiger partial charge >= 0.3 is 5.97 Å². The maximum Gasteiger partial charge on any atom is 0.331 e. The van der Waals surface area contributed by atoms with Gasteiger partial charge in [0.05, 0.1) is 7.11 Å². The van der Waals surface area contributed by atoms with E-state index in [1.165, 1.54) is 7.11 Å². The number of nitrogens with one attached hydrogen (secondary N) is 1. The lowest BCUT2D eigenvalue weighted by Crippen LogP contribution is -2.56. The number of ether oxygens (including phenoxy) is 1. The predicted molar refractivity (Wildman–Crippen MR) is 83.2 cm³/mol. The molecule has 122 valence electrons. The molecule has 0 aromatic heterocycles. The number of amides is 1. The van der Waals surface area contributed by atoms with Crippen LogP contribution in [0.25, 0.3) is 0 Å². The zero-order chi connectivity index (χ0) is 14.6. The number of halogens is 1. The normalized spacial score (nSPS) is 28.1. The van der Waals surface area contributed by atoms with Crippen molar-refractivity contribution in [2.24, 2.45) is 11.7 Å². The van der Waals surface area contributed by atoms with Crippen molar-refractivity contribution in [2.75, 3.05) is 7.11 Å². The minimum Gasteiger partial charge on any atom is -0.467 e. The second kappa shape index (κ2) is 7.99. The van der Waals surface area contributed by atoms with Gasteiger partial charge in [-0.2, -0.15) is 0 Å². The molecule has 2 aliphatic carbocycles. The molecule has 0 aliphatic heterocycles. The van der Waals surface area contributed by atoms with E-state index in [4.69, 9.17) is 10.5 Å². The Bertz CT molecular complexity index is 368. The highest BCUT2D eigenvalue weighted by atomic mass is 35.5. The van der Waals surface area contributed by atoms with Crippen LogP contribution in [0.1, 0.15) is 57.8 Å². The molecule has 21 heavy (non-hydrogen) atoms. The van der Waals surface area contributed by atoms with Gasteiger partial charge in [-0.1, -0.05) is 25.7 Å². The van der Waals surface area contributed by atoms with Crippen LogP contribution in [-0.2, 0) is 14.3 Å². The lowest BCUT2D eigenvalue weighted by Gasteiger charge is -2.32. The summed E-state index contributed by atoms with van der Waals surface area (Å²) in [5.74, 6) is -0.366. The van der Waals surface area contributed by atoms with Crippen LogP contribution in [-0.4, -0.2) is 30.6 Å². The van der Waals surface area contributed by atoms with Gasteiger partial charge in [-0.3, -0.25) is 4.79 Å². The van der Waals surface area contributed by atoms with Gasteiger partial charge in [0.2, 0.25) is 5.91 Å². The first kappa shape index (κ1) is 18.2. The molecule has 2 unspecified atom stereocenters. The van der Waals surface area contributed by atoms with E-state index in [9.17, 15) is 9.59 Å². The summed E-state index contributed by atoms with van der Waals surface area (Å²) in [5.41, 5.74) is 5.06. The van der Waals surface area contributed by atoms with E-state index in [-0.39, 0.29) is 36.2 Å². The van der Waals surface area contributed by atoms with Gasteiger partial charge in [0, 0.05) is 12.0 Å². The van der Waals surface area contributed by atoms with Crippen LogP contribution in [0.15, 0.2) is 0 Å². The van der Waals surface area contributed by atoms with Crippen molar-refractivity contribution in [3.05, 3.63) is 0 Å². The van der Waals surface area contributed by atoms with Gasteiger partial charge in [-0.15, -0.1) is 12.4 Å². The Morgan fingerprint density at radius 1 is 1.14 bits per heavy atom. The smallest absolute Gasteiger partial charge is 0.331 e. The largest absolute Gasteiger partial charge is 0.467 e. The molecule has 0 heterocycles. The second-order valence-corrected chi connectivity index (χ2v) is 6.25. The third kappa shape index (κ3) is 4.33. The highest BCUT2D eigenvalue weighted by molar-refractivity contribution is 5.89. The molecule has 0 saturated heterocycles. The number of nitrogens with two attached hydrogens (primary N) is 1. The average molecular weight is 319 g/mol. The van der Waals surface area contributed by atoms with Crippen molar-refractivity contribution < 1.29 is 14.3 Å². The Hall–Kier alpha value is -0.810. The van der Waals surface area contributed by atoms with Gasteiger partial charge in [0.1, 0.15) is 5.54 Å². The molecule has 6 heteroatoms. The minimum absolute atomic E-state index is 0. The third-order valence-electron chi connectivity index (χ3n) is 4.74. The maximum atomic E-state index is 12.4. The van der Waals surface area contributed by atoms with Crippen molar-refractivity contribution in [3.63, 3.8) is 0 Å². The first-order valence-electron chi connectivity index (χ1n) is 7.73. The topological polar surface area (TPSA) is 81.4 Å². The fourth-order valence-corrected chi connectivity index (χ4v) is 3.50. The summed E-state index contributed by atoms with van der Waals surface area (Å²) < 4.78 is 4.95. The Balaban J connectivity index is 0.00000220. The molecule has 2 aliphatic rings. The molecule has 2 rings (SSSR count). The molecule has 1 amide bonds. The number of carbonyl (C=O) groups is 2. The Morgan fingerprint density at radius 2 is 1.76 bits per heavy atom. The average Bonchev–Trinajstić information content (AvgIpc) is 2.74. The Labute approximate surface area is 132 Å². The van der Waals surface area contributed by atoms with Crippen molar-refractivity contribution in [3.8, 4) is 0 Å². The number of carbonyl (C=O) groups excluding carboxylic acids is 2. The molecule has 0 radical (unpaired) electrons. The lowest BCUT2D eigenvalue weighted by atomic mass is 9.89. The van der Waals surface area contributed by atoms with Crippen LogP contribution >= 0.6 is 12.4 Å². The third-order valence-corrected chi connectivity index (χ3v) is 4.74. The number of hydrogen-bond donors (Lipinski definition) is 2. The molecule has 5 nitrogen and oxygen atoms in total. The van der Waals surface area contributed by atoms with Crippen molar-refractivity contribution in [2.45, 2.75) is 69.4 Å². The summed E-state index contributed by atoms with van der Waals surface area (Å²) in [6.45, 7) is 0. The van der Waals surface area contributed by atoms with Crippen LogP contribution in [0.2, 0.25) is 0 Å². The predicted octanol–water partition coefficient (Wildman–Crippen LogP) is 1.92. The van der Waals surface area contributed by atoms with Crippen molar-refractivity contribution in [1.29, 1.82) is 0 Å². The van der Waals surface area contributed by atoms with Crippen LogP contribution in [0.5, 0.6) is 0 Å². The van der Waals surface area contributed by atoms with Gasteiger partial charge in [0.15, 0.2) is 0 Å². The van der Waals surface area contributed by atoms with E-state index in [1.54, 1.807) is 0 Å². The summed E-state index contributed by atoms with van der Waals surface area (Å²) in [5, 5.41) is 3.02. The Kier molecular flexibility index (Phi) is 6.94. The van der Waals surface area contributed by atoms with Crippen LogP contribution in [0, 0.1) is 5.92 Å². The first-order valence-corrected chi connectivity index (χ1v) is 7.73. The summed E-state index contributed by atoms with van der Waals surface area (Å²) in [6, 6.07) is 0.119. The highest BCUT2D eigenvalue weighted by Crippen LogP contribution is 2.31. The van der Waals surface area contributed by atoms with Crippen LogP contribution in [0.4, 0.5) is 0 Å². The van der Waals surface area contributed by atoms with Crippen molar-refractivity contribution in [1.82, 2.24) is 5.32 Å². The molecule has 2 fully saturated rings. The zero-order valence-corrected chi connectivity index (χ0v) is 13.5. The van der Waals surface area contributed by atoms with Crippen LogP contribution in [0.3, 0.4) is 0 Å². The van der Waals surface area contributed by atoms with Crippen LogP contribution < -0.4 is 11.1 Å². The molecule has 0 aromatic carbocycles. The van der Waals surface area contributed by atoms with E-state index < -0.39 is 5.54 Å². The maximum absolute atomic E-state index is 12.4. The van der Waals surface area contributed by atoms with E-state index >= 15 is 0 Å². The number of rotatable bonds is 3. The van der Waals surface area contributed by atoms with E-state index in [0.29, 0.717) is 12.8 Å². The summed E-state index contributed by atoms with van der Waals surface area (Å²) in [6.07, 6.45) is 7.95. The molecule has 2 saturated carbocycles. The molecule has 0 spiro atoms. The molecular formula is C15H27ClN2O3. The highest BCUT2D eigenvalue weighted by Gasteiger charge is 2.42. The van der Waals surface area contributed by atoms with Gasteiger partial charge in [-0.05, 0) is 32.1 Å². The second-order valence-electron chi connectivity index (χ2n) is 6.25. The Morgan fingerprint density at radius 3 is 2.24 bits per heavy atom. The van der Waals surface area contributed by atoms with Gasteiger partial charge in [0.25, 0.3) is 0 Å². The standard InChI is InChI=1S/C15H26N2O3.ClH/c1-20-14(19)15(8-4-2-3-5-9-15)17-13(18)11-6-7-12(16)10-11;/h11-12H,2-10,16H2,1H3,(H,17,18);1H. The molecule has 2 atom stereocenters. The van der Waals surface area contributed by atoms with E-state index in [0.717, 1.165) is 44.9 Å². The summed E-state index contributed by atoms with van der Waals surface area (Å²) >= 11 is 0. The fraction of sp³-hybridized carbons (Fsp3) is 0.867. The number of methoxy groups -OCH3 is 1. The van der Waals surface area contributed by atoms with Crippen molar-refractivity contribution >= 4 is 24.3 Å². The zero-order valence-electron chi connectivity index (χ0n) is 12.7. The monoisotopic (exact) mass is 318 g/mol. The molecule has 0 aromatic rings. The fourth-order valence-electron chi connectivity index (χ4n) is 3.50. The first-order chi connectivity index (χ1) is 9.57. The van der Waals surface area contributed by atoms with Gasteiger partial charge in [-0.25, -0.2) is 4.79 Å². The SMILES string of the molecule is COC(=O)C1(NC(=O)C2CCC(N)C2)CCCCCC1.Cl. The minimum atomic E-state index is -0.810. The molecule has 3 N–H and O–H groups in total. The molecular weight excluding hydrogens is 292 g/mol. The number of hydrogen-bond acceptors (Lipinski definition) is 4. The number of esters is 1. The summed E-state index contributed by atoms with van der Waals surface area (Å²) in [7, 11) is 1.40. The van der Waals surface area contributed by atoms with E-state index in [1.807, 2.05) is 0 Å². The molecule has 0 bridgehead atoms. The quantitative estimate of drug-likeness (QED) is 0.615.